The fourth-order valence-corrected chi connectivity index (χ4v) is 2.73. The van der Waals surface area contributed by atoms with Gasteiger partial charge in [0.1, 0.15) is 5.82 Å². The third kappa shape index (κ3) is 2.40. The monoisotopic (exact) mass is 335 g/mol. The lowest BCUT2D eigenvalue weighted by atomic mass is 10.0. The van der Waals surface area contributed by atoms with Gasteiger partial charge in [-0.1, -0.05) is 35.3 Å². The molecule has 1 heterocycles. The van der Waals surface area contributed by atoms with E-state index in [-0.39, 0.29) is 21.8 Å². The highest BCUT2D eigenvalue weighted by Crippen LogP contribution is 2.36. The van der Waals surface area contributed by atoms with Gasteiger partial charge >= 0.3 is 5.97 Å². The Morgan fingerprint density at radius 3 is 2.55 bits per heavy atom. The van der Waals surface area contributed by atoms with Gasteiger partial charge in [0.25, 0.3) is 0 Å². The van der Waals surface area contributed by atoms with Gasteiger partial charge in [-0.15, -0.1) is 0 Å². The molecule has 3 rings (SSSR count). The number of rotatable bonds is 2. The van der Waals surface area contributed by atoms with E-state index in [9.17, 15) is 9.18 Å². The van der Waals surface area contributed by atoms with E-state index in [2.05, 4.69) is 4.98 Å². The van der Waals surface area contributed by atoms with Crippen molar-refractivity contribution in [3.05, 3.63) is 64.0 Å². The summed E-state index contributed by atoms with van der Waals surface area (Å²) in [4.78, 5) is 15.3. The molecule has 0 unspecified atom stereocenters. The molecule has 110 valence electrons. The quantitative estimate of drug-likeness (QED) is 0.713. The summed E-state index contributed by atoms with van der Waals surface area (Å²) in [6, 6.07) is 8.72. The Hall–Kier alpha value is -2.17. The summed E-state index contributed by atoms with van der Waals surface area (Å²) in [5.41, 5.74) is 0.434. The van der Waals surface area contributed by atoms with Crippen molar-refractivity contribution in [2.75, 3.05) is 0 Å². The van der Waals surface area contributed by atoms with E-state index < -0.39 is 11.8 Å². The van der Waals surface area contributed by atoms with Crippen LogP contribution >= 0.6 is 23.2 Å². The van der Waals surface area contributed by atoms with Crippen molar-refractivity contribution >= 4 is 39.9 Å². The van der Waals surface area contributed by atoms with Crippen LogP contribution in [0.3, 0.4) is 0 Å². The van der Waals surface area contributed by atoms with Crippen molar-refractivity contribution in [1.82, 2.24) is 4.98 Å². The number of hydrogen-bond acceptors (Lipinski definition) is 2. The Labute approximate surface area is 134 Å². The van der Waals surface area contributed by atoms with E-state index in [1.807, 2.05) is 0 Å². The normalized spacial score (nSPS) is 10.9. The molecule has 2 aromatic carbocycles. The summed E-state index contributed by atoms with van der Waals surface area (Å²) < 4.78 is 14.1. The van der Waals surface area contributed by atoms with Crippen LogP contribution in [0.15, 0.2) is 42.6 Å². The number of benzene rings is 2. The fraction of sp³-hybridized carbons (Fsp3) is 0. The fourth-order valence-electron chi connectivity index (χ4n) is 2.27. The topological polar surface area (TPSA) is 50.2 Å². The molecular formula is C16H8Cl2FNO2. The number of nitrogens with zero attached hydrogens (tertiary/aromatic N) is 1. The molecule has 0 radical (unpaired) electrons. The Morgan fingerprint density at radius 2 is 1.86 bits per heavy atom. The molecular weight excluding hydrogens is 328 g/mol. The second kappa shape index (κ2) is 5.55. The first kappa shape index (κ1) is 14.8. The predicted octanol–water partition coefficient (Wildman–Crippen LogP) is 5.05. The molecule has 0 aliphatic heterocycles. The van der Waals surface area contributed by atoms with Gasteiger partial charge in [-0.05, 0) is 24.3 Å². The highest BCUT2D eigenvalue weighted by Gasteiger charge is 2.17. The smallest absolute Gasteiger partial charge is 0.335 e. The Kier molecular flexibility index (Phi) is 3.72. The number of carbonyl (C=O) groups is 1. The SMILES string of the molecule is O=C(O)c1ccc2c(Cl)cnc(-c3c(F)cccc3Cl)c2c1. The molecule has 0 spiro atoms. The van der Waals surface area contributed by atoms with Crippen molar-refractivity contribution < 1.29 is 14.3 Å². The van der Waals surface area contributed by atoms with Crippen LogP contribution in [0.4, 0.5) is 4.39 Å². The summed E-state index contributed by atoms with van der Waals surface area (Å²) >= 11 is 12.2. The summed E-state index contributed by atoms with van der Waals surface area (Å²) in [5, 5.41) is 10.7. The number of pyridine rings is 1. The maximum Gasteiger partial charge on any atom is 0.335 e. The molecule has 0 amide bonds. The second-order valence-corrected chi connectivity index (χ2v) is 5.43. The van der Waals surface area contributed by atoms with Crippen LogP contribution in [0.25, 0.3) is 22.0 Å². The summed E-state index contributed by atoms with van der Waals surface area (Å²) in [7, 11) is 0. The van der Waals surface area contributed by atoms with Crippen molar-refractivity contribution in [3.63, 3.8) is 0 Å². The Balaban J connectivity index is 2.41. The standard InChI is InChI=1S/C16H8Cl2FNO2/c17-11-2-1-3-13(19)14(11)15-10-6-8(16(21)22)4-5-9(10)12(18)7-20-15/h1-7H,(H,21,22). The molecule has 0 fully saturated rings. The van der Waals surface area contributed by atoms with Gasteiger partial charge in [-0.25, -0.2) is 9.18 Å². The lowest BCUT2D eigenvalue weighted by Crippen LogP contribution is -1.97. The average Bonchev–Trinajstić information content (AvgIpc) is 2.49. The highest BCUT2D eigenvalue weighted by atomic mass is 35.5. The molecule has 1 N–H and O–H groups in total. The molecule has 0 saturated heterocycles. The van der Waals surface area contributed by atoms with Gasteiger partial charge in [-0.3, -0.25) is 4.98 Å². The largest absolute Gasteiger partial charge is 0.478 e. The lowest BCUT2D eigenvalue weighted by molar-refractivity contribution is 0.0697. The third-order valence-electron chi connectivity index (χ3n) is 3.29. The lowest BCUT2D eigenvalue weighted by Gasteiger charge is -2.10. The van der Waals surface area contributed by atoms with E-state index in [0.717, 1.165) is 0 Å². The number of fused-ring (bicyclic) bond motifs is 1. The average molecular weight is 336 g/mol. The molecule has 0 bridgehead atoms. The maximum atomic E-state index is 14.1. The van der Waals surface area contributed by atoms with Crippen molar-refractivity contribution in [2.24, 2.45) is 0 Å². The van der Waals surface area contributed by atoms with Gasteiger partial charge in [0, 0.05) is 17.0 Å². The van der Waals surface area contributed by atoms with E-state index >= 15 is 0 Å². The minimum atomic E-state index is -1.09. The van der Waals surface area contributed by atoms with Crippen molar-refractivity contribution in [3.8, 4) is 11.3 Å². The number of aromatic nitrogens is 1. The molecule has 0 aliphatic carbocycles. The molecule has 6 heteroatoms. The Bertz CT molecular complexity index is 892. The van der Waals surface area contributed by atoms with Crippen LogP contribution in [0, 0.1) is 5.82 Å². The summed E-state index contributed by atoms with van der Waals surface area (Å²) in [6.45, 7) is 0. The van der Waals surface area contributed by atoms with Crippen molar-refractivity contribution in [1.29, 1.82) is 0 Å². The molecule has 3 aromatic rings. The zero-order chi connectivity index (χ0) is 15.9. The van der Waals surface area contributed by atoms with E-state index in [0.29, 0.717) is 15.8 Å². The zero-order valence-corrected chi connectivity index (χ0v) is 12.5. The molecule has 0 saturated carbocycles. The highest BCUT2D eigenvalue weighted by molar-refractivity contribution is 6.36. The van der Waals surface area contributed by atoms with Crippen LogP contribution in [0.2, 0.25) is 10.0 Å². The van der Waals surface area contributed by atoms with Crippen molar-refractivity contribution in [2.45, 2.75) is 0 Å². The molecule has 0 aliphatic rings. The van der Waals surface area contributed by atoms with Gasteiger partial charge in [0.05, 0.1) is 26.9 Å². The van der Waals surface area contributed by atoms with Crippen LogP contribution in [0.5, 0.6) is 0 Å². The van der Waals surface area contributed by atoms with E-state index in [4.69, 9.17) is 28.3 Å². The minimum absolute atomic E-state index is 0.0604. The van der Waals surface area contributed by atoms with E-state index in [1.165, 1.54) is 30.5 Å². The number of hydrogen-bond donors (Lipinski definition) is 1. The van der Waals surface area contributed by atoms with Gasteiger partial charge in [0.2, 0.25) is 0 Å². The van der Waals surface area contributed by atoms with E-state index in [1.54, 1.807) is 12.1 Å². The first-order valence-corrected chi connectivity index (χ1v) is 7.00. The van der Waals surface area contributed by atoms with Gasteiger partial charge in [-0.2, -0.15) is 0 Å². The van der Waals surface area contributed by atoms with Crippen LogP contribution in [-0.2, 0) is 0 Å². The number of halogens is 3. The third-order valence-corrected chi connectivity index (χ3v) is 3.90. The zero-order valence-electron chi connectivity index (χ0n) is 11.0. The molecule has 0 atom stereocenters. The number of carboxylic acids is 1. The minimum Gasteiger partial charge on any atom is -0.478 e. The first-order chi connectivity index (χ1) is 10.5. The maximum absolute atomic E-state index is 14.1. The predicted molar refractivity (Wildman–Crippen MR) is 84.1 cm³/mol. The molecule has 3 nitrogen and oxygen atoms in total. The van der Waals surface area contributed by atoms with Gasteiger partial charge in [0.15, 0.2) is 0 Å². The molecule has 22 heavy (non-hydrogen) atoms. The van der Waals surface area contributed by atoms with Crippen LogP contribution in [-0.4, -0.2) is 16.1 Å². The second-order valence-electron chi connectivity index (χ2n) is 4.62. The summed E-state index contributed by atoms with van der Waals surface area (Å²) in [5.74, 6) is -1.63. The molecule has 1 aromatic heterocycles. The number of aromatic carboxylic acids is 1. The number of carboxylic acid groups (broad SMARTS) is 1. The summed E-state index contributed by atoms with van der Waals surface area (Å²) in [6.07, 6.45) is 1.39. The Morgan fingerprint density at radius 1 is 1.09 bits per heavy atom. The van der Waals surface area contributed by atoms with Gasteiger partial charge < -0.3 is 5.11 Å². The van der Waals surface area contributed by atoms with Crippen LogP contribution in [0.1, 0.15) is 10.4 Å². The first-order valence-electron chi connectivity index (χ1n) is 6.25. The van der Waals surface area contributed by atoms with Crippen LogP contribution < -0.4 is 0 Å².